The van der Waals surface area contributed by atoms with E-state index in [9.17, 15) is 0 Å². The molecule has 0 N–H and O–H groups in total. The molecule has 0 aliphatic heterocycles. The first-order valence-electron chi connectivity index (χ1n) is 19.4. The van der Waals surface area contributed by atoms with E-state index in [2.05, 4.69) is 9.80 Å². The average Bonchev–Trinajstić information content (AvgIpc) is 3.04. The van der Waals surface area contributed by atoms with Gasteiger partial charge in [0.2, 0.25) is 0 Å². The number of hydrogen-bond donors (Lipinski definition) is 0. The molecule has 7 aliphatic rings. The lowest BCUT2D eigenvalue weighted by atomic mass is 9.53. The second-order valence-corrected chi connectivity index (χ2v) is 16.3. The summed E-state index contributed by atoms with van der Waals surface area (Å²) in [6.45, 7) is 0. The summed E-state index contributed by atoms with van der Waals surface area (Å²) < 4.78 is 0. The molecule has 0 bridgehead atoms. The monoisotopic (exact) mass is 551 g/mol. The zero-order valence-electron chi connectivity index (χ0n) is 26.5. The lowest BCUT2D eigenvalue weighted by Crippen LogP contribution is -2.68. The molecule has 2 nitrogen and oxygen atoms in total. The summed E-state index contributed by atoms with van der Waals surface area (Å²) in [7, 11) is 0. The minimum absolute atomic E-state index is 0.927. The minimum Gasteiger partial charge on any atom is -0.294 e. The molecule has 7 rings (SSSR count). The predicted octanol–water partition coefficient (Wildman–Crippen LogP) is 10.3. The van der Waals surface area contributed by atoms with Crippen LogP contribution in [-0.2, 0) is 0 Å². The summed E-state index contributed by atoms with van der Waals surface area (Å²) in [6, 6.07) is 5.59. The first-order chi connectivity index (χ1) is 19.9. The molecular weight excluding hydrogens is 484 g/mol. The highest BCUT2D eigenvalue weighted by atomic mass is 15.3. The van der Waals surface area contributed by atoms with E-state index in [1.54, 1.807) is 25.7 Å². The first kappa shape index (κ1) is 28.7. The summed E-state index contributed by atoms with van der Waals surface area (Å²) in [5, 5.41) is 0. The van der Waals surface area contributed by atoms with Gasteiger partial charge in [-0.15, -0.1) is 0 Å². The number of fused-ring (bicyclic) bond motifs is 2. The largest absolute Gasteiger partial charge is 0.294 e. The van der Waals surface area contributed by atoms with Crippen LogP contribution in [0, 0.1) is 23.7 Å². The smallest absolute Gasteiger partial charge is 0.0164 e. The molecular formula is C38H66N2. The van der Waals surface area contributed by atoms with Crippen LogP contribution in [0.3, 0.4) is 0 Å². The van der Waals surface area contributed by atoms with E-state index in [-0.39, 0.29) is 0 Å². The second-order valence-electron chi connectivity index (χ2n) is 16.3. The van der Waals surface area contributed by atoms with Gasteiger partial charge in [0.25, 0.3) is 0 Å². The van der Waals surface area contributed by atoms with Crippen LogP contribution >= 0.6 is 0 Å². The Morgan fingerprint density at radius 1 is 0.225 bits per heavy atom. The molecule has 2 heteroatoms. The van der Waals surface area contributed by atoms with Crippen molar-refractivity contribution in [3.63, 3.8) is 0 Å². The van der Waals surface area contributed by atoms with Crippen LogP contribution in [0.1, 0.15) is 180 Å². The van der Waals surface area contributed by atoms with Crippen molar-refractivity contribution in [3.05, 3.63) is 0 Å². The third kappa shape index (κ3) is 5.86. The number of rotatable bonds is 6. The van der Waals surface area contributed by atoms with Crippen molar-refractivity contribution in [2.24, 2.45) is 23.7 Å². The Balaban J connectivity index is 1.26. The van der Waals surface area contributed by atoms with E-state index in [1.807, 2.05) is 0 Å². The van der Waals surface area contributed by atoms with E-state index in [1.165, 1.54) is 154 Å². The first-order valence-corrected chi connectivity index (χ1v) is 19.4. The summed E-state index contributed by atoms with van der Waals surface area (Å²) in [4.78, 5) is 6.82. The van der Waals surface area contributed by atoms with Crippen LogP contribution in [0.4, 0.5) is 0 Å². The normalized spacial score (nSPS) is 39.8. The summed E-state index contributed by atoms with van der Waals surface area (Å²) in [5.74, 6) is 4.04. The Kier molecular flexibility index (Phi) is 9.82. The average molecular weight is 551 g/mol. The van der Waals surface area contributed by atoms with Crippen molar-refractivity contribution < 1.29 is 0 Å². The molecule has 0 heterocycles. The fourth-order valence-corrected chi connectivity index (χ4v) is 12.7. The Morgan fingerprint density at radius 3 is 0.650 bits per heavy atom. The van der Waals surface area contributed by atoms with Crippen molar-refractivity contribution in [2.75, 3.05) is 0 Å². The maximum Gasteiger partial charge on any atom is 0.0164 e. The van der Waals surface area contributed by atoms with Crippen molar-refractivity contribution >= 4 is 0 Å². The van der Waals surface area contributed by atoms with Gasteiger partial charge >= 0.3 is 0 Å². The SMILES string of the molecule is C1CCC(N(C2CCCCC2)C2C3CCCCC3C(N(C3CCCCC3)C3CCCCC3)C3CCCCC32)CC1. The quantitative estimate of drug-likeness (QED) is 0.324. The van der Waals surface area contributed by atoms with Crippen LogP contribution in [0.2, 0.25) is 0 Å². The van der Waals surface area contributed by atoms with Gasteiger partial charge in [-0.05, 0) is 101 Å². The van der Waals surface area contributed by atoms with E-state index >= 15 is 0 Å². The predicted molar refractivity (Wildman–Crippen MR) is 170 cm³/mol. The van der Waals surface area contributed by atoms with Gasteiger partial charge in [-0.1, -0.05) is 103 Å². The number of nitrogens with zero attached hydrogens (tertiary/aromatic N) is 2. The standard InChI is InChI=1S/C38H66N2/c1-5-17-29(18-6-1)39(30-19-7-2-8-20-30)37-33-25-13-15-27-35(33)38(36-28-16-14-26-34(36)37)40(31-21-9-3-10-22-31)32-23-11-4-12-24-32/h29-38H,1-28H2. The summed E-state index contributed by atoms with van der Waals surface area (Å²) >= 11 is 0. The lowest BCUT2D eigenvalue weighted by Gasteiger charge is -2.64. The van der Waals surface area contributed by atoms with E-state index < -0.39 is 0 Å². The third-order valence-electron chi connectivity index (χ3n) is 14.2. The van der Waals surface area contributed by atoms with Gasteiger partial charge in [0.15, 0.2) is 0 Å². The van der Waals surface area contributed by atoms with Gasteiger partial charge in [0, 0.05) is 36.3 Å². The van der Waals surface area contributed by atoms with Crippen molar-refractivity contribution in [3.8, 4) is 0 Å². The van der Waals surface area contributed by atoms with Gasteiger partial charge in [-0.25, -0.2) is 0 Å². The van der Waals surface area contributed by atoms with E-state index in [0.717, 1.165) is 59.9 Å². The highest BCUT2D eigenvalue weighted by Gasteiger charge is 2.57. The van der Waals surface area contributed by atoms with Crippen LogP contribution in [0.25, 0.3) is 0 Å². The third-order valence-corrected chi connectivity index (χ3v) is 14.2. The molecule has 7 saturated carbocycles. The van der Waals surface area contributed by atoms with Crippen LogP contribution in [-0.4, -0.2) is 46.1 Å². The van der Waals surface area contributed by atoms with Gasteiger partial charge in [-0.3, -0.25) is 9.80 Å². The molecule has 0 aromatic rings. The van der Waals surface area contributed by atoms with Gasteiger partial charge in [0.05, 0.1) is 0 Å². The second kappa shape index (κ2) is 13.7. The van der Waals surface area contributed by atoms with Crippen LogP contribution < -0.4 is 0 Å². The molecule has 40 heavy (non-hydrogen) atoms. The van der Waals surface area contributed by atoms with Gasteiger partial charge < -0.3 is 0 Å². The Bertz CT molecular complexity index is 631. The van der Waals surface area contributed by atoms with Crippen molar-refractivity contribution in [1.82, 2.24) is 9.80 Å². The molecule has 4 unspecified atom stereocenters. The van der Waals surface area contributed by atoms with Crippen molar-refractivity contribution in [1.29, 1.82) is 0 Å². The highest BCUT2D eigenvalue weighted by Crippen LogP contribution is 2.56. The molecule has 0 aromatic carbocycles. The molecule has 0 aromatic heterocycles. The highest BCUT2D eigenvalue weighted by molar-refractivity contribution is 5.10. The van der Waals surface area contributed by atoms with Crippen molar-refractivity contribution in [2.45, 2.75) is 216 Å². The molecule has 0 saturated heterocycles. The van der Waals surface area contributed by atoms with E-state index in [4.69, 9.17) is 0 Å². The van der Waals surface area contributed by atoms with Crippen LogP contribution in [0.15, 0.2) is 0 Å². The van der Waals surface area contributed by atoms with E-state index in [0.29, 0.717) is 0 Å². The molecule has 7 aliphatic carbocycles. The Hall–Kier alpha value is -0.0800. The lowest BCUT2D eigenvalue weighted by molar-refractivity contribution is -0.146. The molecule has 0 spiro atoms. The number of hydrogen-bond acceptors (Lipinski definition) is 2. The fraction of sp³-hybridized carbons (Fsp3) is 1.00. The molecule has 7 fully saturated rings. The van der Waals surface area contributed by atoms with Crippen LogP contribution in [0.5, 0.6) is 0 Å². The minimum atomic E-state index is 0.927. The molecule has 4 atom stereocenters. The fourth-order valence-electron chi connectivity index (χ4n) is 12.7. The Morgan fingerprint density at radius 2 is 0.425 bits per heavy atom. The zero-order valence-corrected chi connectivity index (χ0v) is 26.5. The van der Waals surface area contributed by atoms with Gasteiger partial charge in [-0.2, -0.15) is 0 Å². The maximum atomic E-state index is 3.41. The molecule has 228 valence electrons. The molecule has 0 radical (unpaired) electrons. The summed E-state index contributed by atoms with van der Waals surface area (Å²) in [5.41, 5.74) is 0. The topological polar surface area (TPSA) is 6.48 Å². The maximum absolute atomic E-state index is 3.41. The van der Waals surface area contributed by atoms with Gasteiger partial charge in [0.1, 0.15) is 0 Å². The Labute approximate surface area is 249 Å². The zero-order chi connectivity index (χ0) is 26.7. The summed E-state index contributed by atoms with van der Waals surface area (Å²) in [6.07, 6.45) is 42.9. The molecule has 0 amide bonds.